The van der Waals surface area contributed by atoms with E-state index in [4.69, 9.17) is 4.42 Å². The van der Waals surface area contributed by atoms with Gasteiger partial charge >= 0.3 is 0 Å². The van der Waals surface area contributed by atoms with Gasteiger partial charge in [0.2, 0.25) is 0 Å². The van der Waals surface area contributed by atoms with E-state index in [1.165, 1.54) is 38.6 Å². The summed E-state index contributed by atoms with van der Waals surface area (Å²) in [7, 11) is 0. The van der Waals surface area contributed by atoms with Crippen molar-refractivity contribution in [1.82, 2.24) is 4.57 Å². The Hall–Kier alpha value is -4.30. The van der Waals surface area contributed by atoms with Crippen LogP contribution in [0.5, 0.6) is 0 Å². The van der Waals surface area contributed by atoms with E-state index in [1.54, 1.807) is 0 Å². The summed E-state index contributed by atoms with van der Waals surface area (Å²) in [5.41, 5.74) is 7.89. The Kier molecular flexibility index (Phi) is 3.58. The van der Waals surface area contributed by atoms with Crippen molar-refractivity contribution in [3.05, 3.63) is 115 Å². The molecule has 0 amide bonds. The number of hydrogen-bond donors (Lipinski definition) is 0. The highest BCUT2D eigenvalue weighted by atomic mass is 16.3. The minimum atomic E-state index is 0.928. The van der Waals surface area contributed by atoms with Crippen LogP contribution in [-0.4, -0.2) is 4.57 Å². The summed E-state index contributed by atoms with van der Waals surface area (Å²) in [6, 6.07) is 40.7. The molecule has 0 N–H and O–H groups in total. The lowest BCUT2D eigenvalue weighted by Gasteiger charge is -2.08. The molecule has 0 unspecified atom stereocenters. The topological polar surface area (TPSA) is 18.1 Å². The number of benzene rings is 5. The fraction of sp³-hybridized carbons (Fsp3) is 0. The van der Waals surface area contributed by atoms with Crippen molar-refractivity contribution < 1.29 is 4.42 Å². The predicted octanol–water partition coefficient (Wildman–Crippen LogP) is 8.35. The van der Waals surface area contributed by atoms with Crippen molar-refractivity contribution in [2.45, 2.75) is 0 Å². The van der Waals surface area contributed by atoms with Crippen LogP contribution in [0.25, 0.3) is 60.6 Å². The van der Waals surface area contributed by atoms with Crippen LogP contribution in [0, 0.1) is 0 Å². The number of fused-ring (bicyclic) bond motifs is 6. The Morgan fingerprint density at radius 1 is 0.438 bits per heavy atom. The first-order valence-corrected chi connectivity index (χ1v) is 10.9. The third-order valence-corrected chi connectivity index (χ3v) is 6.40. The second-order valence-corrected chi connectivity index (χ2v) is 8.23. The maximum atomic E-state index is 6.02. The van der Waals surface area contributed by atoms with Gasteiger partial charge in [0.25, 0.3) is 0 Å². The summed E-state index contributed by atoms with van der Waals surface area (Å²) >= 11 is 0. The molecular formula is C30H19NO. The highest BCUT2D eigenvalue weighted by Crippen LogP contribution is 2.36. The molecule has 2 aromatic heterocycles. The van der Waals surface area contributed by atoms with E-state index >= 15 is 0 Å². The second-order valence-electron chi connectivity index (χ2n) is 8.23. The lowest BCUT2D eigenvalue weighted by atomic mass is 10.0. The molecule has 0 saturated carbocycles. The van der Waals surface area contributed by atoms with Crippen LogP contribution in [0.2, 0.25) is 0 Å². The van der Waals surface area contributed by atoms with Crippen molar-refractivity contribution in [1.29, 1.82) is 0 Å². The molecule has 0 aliphatic heterocycles. The summed E-state index contributed by atoms with van der Waals surface area (Å²) < 4.78 is 8.37. The third kappa shape index (κ3) is 2.47. The van der Waals surface area contributed by atoms with Crippen molar-refractivity contribution in [2.24, 2.45) is 0 Å². The number of rotatable bonds is 2. The normalized spacial score (nSPS) is 11.8. The molecule has 7 aromatic rings. The molecular weight excluding hydrogens is 390 g/mol. The fourth-order valence-electron chi connectivity index (χ4n) is 4.91. The largest absolute Gasteiger partial charge is 0.456 e. The van der Waals surface area contributed by atoms with Gasteiger partial charge in [-0.05, 0) is 59.7 Å². The molecule has 0 spiro atoms. The minimum absolute atomic E-state index is 0.928. The monoisotopic (exact) mass is 409 g/mol. The molecule has 2 nitrogen and oxygen atoms in total. The van der Waals surface area contributed by atoms with Gasteiger partial charge in [-0.1, -0.05) is 66.7 Å². The third-order valence-electron chi connectivity index (χ3n) is 6.40. The Bertz CT molecular complexity index is 1770. The molecule has 5 aromatic carbocycles. The second kappa shape index (κ2) is 6.60. The Morgan fingerprint density at radius 2 is 1.06 bits per heavy atom. The van der Waals surface area contributed by atoms with E-state index in [2.05, 4.69) is 108 Å². The van der Waals surface area contributed by atoms with Crippen molar-refractivity contribution in [3.63, 3.8) is 0 Å². The van der Waals surface area contributed by atoms with Gasteiger partial charge in [-0.25, -0.2) is 0 Å². The quantitative estimate of drug-likeness (QED) is 0.280. The molecule has 0 radical (unpaired) electrons. The van der Waals surface area contributed by atoms with Crippen LogP contribution in [0.15, 0.2) is 120 Å². The molecule has 2 heteroatoms. The highest BCUT2D eigenvalue weighted by Gasteiger charge is 2.14. The summed E-state index contributed by atoms with van der Waals surface area (Å²) in [5, 5.41) is 4.85. The van der Waals surface area contributed by atoms with E-state index in [-0.39, 0.29) is 0 Å². The summed E-state index contributed by atoms with van der Waals surface area (Å²) in [6.45, 7) is 0. The number of hydrogen-bond acceptors (Lipinski definition) is 1. The molecule has 0 aliphatic rings. The number of furan rings is 1. The van der Waals surface area contributed by atoms with E-state index in [1.807, 2.05) is 12.1 Å². The van der Waals surface area contributed by atoms with Gasteiger partial charge in [-0.15, -0.1) is 0 Å². The molecule has 0 aliphatic carbocycles. The molecule has 2 heterocycles. The zero-order valence-corrected chi connectivity index (χ0v) is 17.3. The van der Waals surface area contributed by atoms with Gasteiger partial charge in [0, 0.05) is 27.2 Å². The SMILES string of the molecule is c1ccc(-n2c3ccccc3c3cc(-c4ccc5oc6ccccc6c5c4)ccc32)cc1. The molecule has 0 saturated heterocycles. The van der Waals surface area contributed by atoms with Crippen LogP contribution in [-0.2, 0) is 0 Å². The van der Waals surface area contributed by atoms with E-state index in [9.17, 15) is 0 Å². The average Bonchev–Trinajstić information content (AvgIpc) is 3.39. The first kappa shape index (κ1) is 17.4. The smallest absolute Gasteiger partial charge is 0.135 e. The van der Waals surface area contributed by atoms with Gasteiger partial charge in [-0.2, -0.15) is 0 Å². The lowest BCUT2D eigenvalue weighted by molar-refractivity contribution is 0.669. The summed E-state index contributed by atoms with van der Waals surface area (Å²) in [4.78, 5) is 0. The molecule has 0 atom stereocenters. The van der Waals surface area contributed by atoms with Crippen molar-refractivity contribution in [3.8, 4) is 16.8 Å². The van der Waals surface area contributed by atoms with Crippen LogP contribution in [0.1, 0.15) is 0 Å². The molecule has 7 rings (SSSR count). The van der Waals surface area contributed by atoms with Gasteiger partial charge in [0.15, 0.2) is 0 Å². The fourth-order valence-corrected chi connectivity index (χ4v) is 4.91. The predicted molar refractivity (Wildman–Crippen MR) is 133 cm³/mol. The summed E-state index contributed by atoms with van der Waals surface area (Å²) in [5.74, 6) is 0. The van der Waals surface area contributed by atoms with E-state index in [0.717, 1.165) is 21.9 Å². The van der Waals surface area contributed by atoms with Crippen LogP contribution in [0.3, 0.4) is 0 Å². The lowest BCUT2D eigenvalue weighted by Crippen LogP contribution is -1.92. The maximum absolute atomic E-state index is 6.02. The molecule has 150 valence electrons. The Labute approximate surface area is 184 Å². The van der Waals surface area contributed by atoms with Gasteiger partial charge < -0.3 is 8.98 Å². The molecule has 0 fully saturated rings. The minimum Gasteiger partial charge on any atom is -0.456 e. The molecule has 0 bridgehead atoms. The van der Waals surface area contributed by atoms with Gasteiger partial charge in [0.1, 0.15) is 11.2 Å². The zero-order valence-electron chi connectivity index (χ0n) is 17.3. The van der Waals surface area contributed by atoms with E-state index in [0.29, 0.717) is 0 Å². The first-order chi connectivity index (χ1) is 15.9. The number of para-hydroxylation sites is 3. The number of aromatic nitrogens is 1. The first-order valence-electron chi connectivity index (χ1n) is 10.9. The zero-order chi connectivity index (χ0) is 21.1. The molecule has 32 heavy (non-hydrogen) atoms. The highest BCUT2D eigenvalue weighted by molar-refractivity contribution is 6.11. The van der Waals surface area contributed by atoms with Crippen LogP contribution >= 0.6 is 0 Å². The Morgan fingerprint density at radius 3 is 1.94 bits per heavy atom. The number of nitrogens with zero attached hydrogens (tertiary/aromatic N) is 1. The summed E-state index contributed by atoms with van der Waals surface area (Å²) in [6.07, 6.45) is 0. The average molecular weight is 409 g/mol. The van der Waals surface area contributed by atoms with Crippen molar-refractivity contribution >= 4 is 43.7 Å². The maximum Gasteiger partial charge on any atom is 0.135 e. The van der Waals surface area contributed by atoms with E-state index < -0.39 is 0 Å². The van der Waals surface area contributed by atoms with Gasteiger partial charge in [-0.3, -0.25) is 0 Å². The van der Waals surface area contributed by atoms with Crippen LogP contribution < -0.4 is 0 Å². The standard InChI is InChI=1S/C30H19NO/c1-2-8-22(9-3-1)31-27-12-6-4-10-23(27)25-18-20(14-16-28(25)31)21-15-17-30-26(19-21)24-11-5-7-13-29(24)32-30/h1-19H. The Balaban J connectivity index is 1.49. The van der Waals surface area contributed by atoms with Gasteiger partial charge in [0.05, 0.1) is 11.0 Å². The van der Waals surface area contributed by atoms with Crippen LogP contribution in [0.4, 0.5) is 0 Å². The van der Waals surface area contributed by atoms with Crippen molar-refractivity contribution in [2.75, 3.05) is 0 Å².